The molecule has 2 aliphatic heterocycles. The lowest BCUT2D eigenvalue weighted by Crippen LogP contribution is -2.59. The molecule has 1 saturated heterocycles. The number of amidine groups is 1. The van der Waals surface area contributed by atoms with Gasteiger partial charge in [-0.1, -0.05) is 42.5 Å². The number of nitrogens with zero attached hydrogens (tertiary/aromatic N) is 3. The predicted octanol–water partition coefficient (Wildman–Crippen LogP) is 4.81. The first kappa shape index (κ1) is 27.7. The molecule has 210 valence electrons. The van der Waals surface area contributed by atoms with Crippen LogP contribution in [-0.2, 0) is 20.7 Å². The number of hydrogen-bond donors (Lipinski definition) is 2. The molecule has 2 aromatic carbocycles. The number of para-hydroxylation sites is 2. The molecule has 0 saturated carbocycles. The summed E-state index contributed by atoms with van der Waals surface area (Å²) in [5.41, 5.74) is 3.98. The third-order valence-corrected chi connectivity index (χ3v) is 8.21. The van der Waals surface area contributed by atoms with Crippen LogP contribution in [0.1, 0.15) is 22.9 Å². The highest BCUT2D eigenvalue weighted by molar-refractivity contribution is 7.16. The number of thiophene rings is 1. The lowest BCUT2D eigenvalue weighted by Gasteiger charge is -2.42. The van der Waals surface area contributed by atoms with Gasteiger partial charge in [0.05, 0.1) is 56.8 Å². The standard InChI is InChI=1S/C30H35N5O4S/c1-4-38-29(36)26(19-22-10-6-5-7-11-22)33-30(37)39-20-35(3)16-14-34(15-17-35)27-23-18-21(2)40-28(23)32-25-13-9-8-12-24(25)31-27/h5-13,18,26H,4,14-17,19-20H2,1-3H3,(H-,31,32,33,37)/p+1. The molecule has 3 aromatic rings. The smallest absolute Gasteiger partial charge is 0.412 e. The molecule has 0 radical (unpaired) electrons. The van der Waals surface area contributed by atoms with Crippen LogP contribution in [0, 0.1) is 6.92 Å². The first-order valence-electron chi connectivity index (χ1n) is 13.6. The van der Waals surface area contributed by atoms with Crippen LogP contribution in [-0.4, -0.2) is 79.9 Å². The number of aliphatic imine (C=N–C) groups is 1. The third kappa shape index (κ3) is 6.46. The summed E-state index contributed by atoms with van der Waals surface area (Å²) in [5, 5.41) is 7.39. The molecule has 1 amide bonds. The second kappa shape index (κ2) is 12.1. The van der Waals surface area contributed by atoms with Crippen LogP contribution in [0.2, 0.25) is 0 Å². The summed E-state index contributed by atoms with van der Waals surface area (Å²) in [6.45, 7) is 7.43. The van der Waals surface area contributed by atoms with Gasteiger partial charge in [0.15, 0.2) is 0 Å². The number of rotatable bonds is 7. The number of piperazine rings is 1. The first-order valence-corrected chi connectivity index (χ1v) is 14.4. The van der Waals surface area contributed by atoms with Crippen LogP contribution >= 0.6 is 11.3 Å². The van der Waals surface area contributed by atoms with Crippen LogP contribution < -0.4 is 10.6 Å². The van der Waals surface area contributed by atoms with E-state index in [4.69, 9.17) is 14.5 Å². The van der Waals surface area contributed by atoms with Crippen LogP contribution in [0.5, 0.6) is 0 Å². The topological polar surface area (TPSA) is 92.3 Å². The minimum absolute atomic E-state index is 0.209. The van der Waals surface area contributed by atoms with Crippen molar-refractivity contribution >= 4 is 45.6 Å². The number of quaternary nitrogens is 1. The minimum Gasteiger partial charge on any atom is -0.464 e. The van der Waals surface area contributed by atoms with Gasteiger partial charge >= 0.3 is 12.1 Å². The largest absolute Gasteiger partial charge is 0.464 e. The summed E-state index contributed by atoms with van der Waals surface area (Å²) in [7, 11) is 2.09. The molecule has 2 aliphatic rings. The predicted molar refractivity (Wildman–Crippen MR) is 158 cm³/mol. The van der Waals surface area contributed by atoms with Gasteiger partial charge in [0.1, 0.15) is 16.9 Å². The summed E-state index contributed by atoms with van der Waals surface area (Å²) in [6.07, 6.45) is -0.287. The maximum atomic E-state index is 12.8. The molecular formula is C30H36N5O4S+. The lowest BCUT2D eigenvalue weighted by molar-refractivity contribution is -0.928. The molecule has 1 atom stereocenters. The monoisotopic (exact) mass is 562 g/mol. The fourth-order valence-electron chi connectivity index (χ4n) is 4.96. The highest BCUT2D eigenvalue weighted by atomic mass is 32.1. The van der Waals surface area contributed by atoms with Gasteiger partial charge in [0.25, 0.3) is 0 Å². The Morgan fingerprint density at radius 3 is 2.58 bits per heavy atom. The van der Waals surface area contributed by atoms with E-state index < -0.39 is 18.1 Å². The van der Waals surface area contributed by atoms with Gasteiger partial charge in [0, 0.05) is 11.3 Å². The van der Waals surface area contributed by atoms with E-state index in [-0.39, 0.29) is 13.3 Å². The van der Waals surface area contributed by atoms with Crippen molar-refractivity contribution in [1.29, 1.82) is 0 Å². The number of alkyl carbamates (subject to hydrolysis) is 1. The first-order chi connectivity index (χ1) is 19.3. The molecule has 2 N–H and O–H groups in total. The van der Waals surface area contributed by atoms with Crippen molar-refractivity contribution in [2.75, 3.05) is 51.9 Å². The van der Waals surface area contributed by atoms with Gasteiger partial charge in [0.2, 0.25) is 6.73 Å². The molecule has 40 heavy (non-hydrogen) atoms. The Bertz CT molecular complexity index is 1380. The van der Waals surface area contributed by atoms with E-state index in [9.17, 15) is 9.59 Å². The van der Waals surface area contributed by atoms with E-state index in [0.717, 1.165) is 59.5 Å². The number of nitrogens with one attached hydrogen (secondary N) is 2. The van der Waals surface area contributed by atoms with Gasteiger partial charge in [-0.15, -0.1) is 11.3 Å². The molecule has 3 heterocycles. The Labute approximate surface area is 239 Å². The zero-order chi connectivity index (χ0) is 28.1. The third-order valence-electron chi connectivity index (χ3n) is 7.25. The zero-order valence-electron chi connectivity index (χ0n) is 23.2. The SMILES string of the molecule is CCOC(=O)C(Cc1ccccc1)NC(=O)OC[N+]1(C)CCN(C2=Nc3ccccc3Nc3sc(C)cc32)CC1. The van der Waals surface area contributed by atoms with Crippen LogP contribution in [0.25, 0.3) is 0 Å². The highest BCUT2D eigenvalue weighted by Crippen LogP contribution is 2.39. The van der Waals surface area contributed by atoms with Gasteiger partial charge in [-0.25, -0.2) is 14.6 Å². The summed E-state index contributed by atoms with van der Waals surface area (Å²) < 4.78 is 11.4. The van der Waals surface area contributed by atoms with Gasteiger partial charge < -0.3 is 25.0 Å². The quantitative estimate of drug-likeness (QED) is 0.317. The Balaban J connectivity index is 1.21. The number of esters is 1. The van der Waals surface area contributed by atoms with E-state index in [1.165, 1.54) is 4.88 Å². The van der Waals surface area contributed by atoms with Crippen molar-refractivity contribution in [1.82, 2.24) is 10.2 Å². The minimum atomic E-state index is -0.815. The Morgan fingerprint density at radius 2 is 1.82 bits per heavy atom. The second-order valence-electron chi connectivity index (χ2n) is 10.4. The summed E-state index contributed by atoms with van der Waals surface area (Å²) >= 11 is 1.74. The number of carbonyl (C=O) groups excluding carboxylic acids is 2. The number of fused-ring (bicyclic) bond motifs is 2. The fourth-order valence-corrected chi connectivity index (χ4v) is 5.88. The van der Waals surface area contributed by atoms with Crippen molar-refractivity contribution < 1.29 is 23.5 Å². The number of benzene rings is 2. The lowest BCUT2D eigenvalue weighted by atomic mass is 10.1. The van der Waals surface area contributed by atoms with Crippen LogP contribution in [0.4, 0.5) is 21.2 Å². The molecule has 9 nitrogen and oxygen atoms in total. The number of aryl methyl sites for hydroxylation is 1. The number of amides is 1. The van der Waals surface area contributed by atoms with Crippen LogP contribution in [0.3, 0.4) is 0 Å². The van der Waals surface area contributed by atoms with E-state index in [1.54, 1.807) is 18.3 Å². The van der Waals surface area contributed by atoms with Gasteiger partial charge in [-0.05, 0) is 37.6 Å². The van der Waals surface area contributed by atoms with Crippen molar-refractivity contribution in [3.05, 3.63) is 76.7 Å². The normalized spacial score (nSPS) is 16.4. The maximum absolute atomic E-state index is 12.8. The van der Waals surface area contributed by atoms with Gasteiger partial charge in [-0.3, -0.25) is 4.48 Å². The molecule has 10 heteroatoms. The summed E-state index contributed by atoms with van der Waals surface area (Å²) in [5.74, 6) is 0.500. The van der Waals surface area contributed by atoms with Crippen molar-refractivity contribution in [3.8, 4) is 0 Å². The Morgan fingerprint density at radius 1 is 1.10 bits per heavy atom. The molecule has 1 fully saturated rings. The zero-order valence-corrected chi connectivity index (χ0v) is 24.0. The van der Waals surface area contributed by atoms with Crippen molar-refractivity contribution in [3.63, 3.8) is 0 Å². The fraction of sp³-hybridized carbons (Fsp3) is 0.367. The summed E-state index contributed by atoms with van der Waals surface area (Å²) in [4.78, 5) is 33.9. The number of likely N-dealkylation sites (N-methyl/N-ethyl adjacent to an activating group) is 1. The van der Waals surface area contributed by atoms with E-state index in [2.05, 4.69) is 41.6 Å². The van der Waals surface area contributed by atoms with Crippen molar-refractivity contribution in [2.24, 2.45) is 4.99 Å². The molecule has 0 aliphatic carbocycles. The van der Waals surface area contributed by atoms with E-state index >= 15 is 0 Å². The number of ether oxygens (including phenoxy) is 2. The molecule has 1 unspecified atom stereocenters. The molecule has 0 spiro atoms. The van der Waals surface area contributed by atoms with Gasteiger partial charge in [-0.2, -0.15) is 0 Å². The maximum Gasteiger partial charge on any atom is 0.412 e. The number of hydrogen-bond acceptors (Lipinski definition) is 8. The average Bonchev–Trinajstić information content (AvgIpc) is 3.24. The molecule has 5 rings (SSSR count). The number of carbonyl (C=O) groups is 2. The Hall–Kier alpha value is -3.89. The second-order valence-corrected chi connectivity index (χ2v) is 11.7. The van der Waals surface area contributed by atoms with Crippen molar-refractivity contribution in [2.45, 2.75) is 26.3 Å². The van der Waals surface area contributed by atoms with Crippen LogP contribution in [0.15, 0.2) is 65.7 Å². The van der Waals surface area contributed by atoms with E-state index in [0.29, 0.717) is 10.9 Å². The summed E-state index contributed by atoms with van der Waals surface area (Å²) in [6, 6.07) is 19.0. The molecule has 1 aromatic heterocycles. The number of anilines is 2. The Kier molecular flexibility index (Phi) is 8.37. The average molecular weight is 563 g/mol. The molecule has 0 bridgehead atoms. The molecular weight excluding hydrogens is 526 g/mol. The van der Waals surface area contributed by atoms with E-state index in [1.807, 2.05) is 48.5 Å². The highest BCUT2D eigenvalue weighted by Gasteiger charge is 2.34.